The van der Waals surface area contributed by atoms with Crippen LogP contribution in [-0.4, -0.2) is 31.4 Å². The Labute approximate surface area is 145 Å². The number of tetrazole rings is 1. The highest BCUT2D eigenvalue weighted by molar-refractivity contribution is 8.00. The molecule has 0 aliphatic carbocycles. The van der Waals surface area contributed by atoms with Gasteiger partial charge in [-0.15, -0.1) is 5.10 Å². The van der Waals surface area contributed by atoms with Gasteiger partial charge in [-0.2, -0.15) is 0 Å². The van der Waals surface area contributed by atoms with E-state index in [9.17, 15) is 4.79 Å². The average Bonchev–Trinajstić information content (AvgIpc) is 2.92. The summed E-state index contributed by atoms with van der Waals surface area (Å²) in [5, 5.41) is 15.5. The minimum atomic E-state index is -0.297. The molecule has 1 aromatic heterocycles. The fourth-order valence-corrected chi connectivity index (χ4v) is 2.95. The predicted molar refractivity (Wildman–Crippen MR) is 91.3 cm³/mol. The molecule has 1 heterocycles. The number of halogens is 1. The maximum Gasteiger partial charge on any atom is 0.233 e. The monoisotopic (exact) mass is 353 g/mol. The second-order valence-corrected chi connectivity index (χ2v) is 7.32. The van der Waals surface area contributed by atoms with Gasteiger partial charge in [0.1, 0.15) is 0 Å². The van der Waals surface area contributed by atoms with Crippen LogP contribution in [0, 0.1) is 5.92 Å². The van der Waals surface area contributed by atoms with Gasteiger partial charge in [0.2, 0.25) is 11.1 Å². The van der Waals surface area contributed by atoms with Crippen LogP contribution in [0.2, 0.25) is 5.02 Å². The van der Waals surface area contributed by atoms with E-state index in [1.165, 1.54) is 11.8 Å². The van der Waals surface area contributed by atoms with Crippen LogP contribution in [0.25, 0.3) is 0 Å². The van der Waals surface area contributed by atoms with E-state index in [2.05, 4.69) is 34.7 Å². The molecule has 1 atom stereocenters. The number of nitrogens with one attached hydrogen (secondary N) is 1. The van der Waals surface area contributed by atoms with E-state index >= 15 is 0 Å². The first-order valence-corrected chi connectivity index (χ1v) is 8.67. The van der Waals surface area contributed by atoms with E-state index in [1.54, 1.807) is 10.7 Å². The van der Waals surface area contributed by atoms with Crippen LogP contribution < -0.4 is 5.32 Å². The maximum atomic E-state index is 12.2. The molecule has 0 unspecified atom stereocenters. The van der Waals surface area contributed by atoms with Crippen LogP contribution in [0.1, 0.15) is 26.3 Å². The molecule has 0 saturated heterocycles. The molecule has 0 spiro atoms. The molecule has 6 nitrogen and oxygen atoms in total. The quantitative estimate of drug-likeness (QED) is 0.775. The van der Waals surface area contributed by atoms with E-state index in [1.807, 2.05) is 25.1 Å². The van der Waals surface area contributed by atoms with E-state index in [-0.39, 0.29) is 11.2 Å². The van der Waals surface area contributed by atoms with E-state index in [0.717, 1.165) is 12.1 Å². The number of hydrogen-bond acceptors (Lipinski definition) is 5. The Kier molecular flexibility index (Phi) is 6.41. The first-order valence-electron chi connectivity index (χ1n) is 7.41. The van der Waals surface area contributed by atoms with E-state index < -0.39 is 0 Å². The number of carbonyl (C=O) groups is 1. The van der Waals surface area contributed by atoms with Crippen molar-refractivity contribution < 1.29 is 4.79 Å². The molecule has 0 aliphatic rings. The Balaban J connectivity index is 1.90. The lowest BCUT2D eigenvalue weighted by molar-refractivity contribution is -0.120. The van der Waals surface area contributed by atoms with Gasteiger partial charge >= 0.3 is 0 Å². The van der Waals surface area contributed by atoms with Gasteiger partial charge in [-0.1, -0.05) is 55.4 Å². The molecular weight excluding hydrogens is 334 g/mol. The van der Waals surface area contributed by atoms with Crippen molar-refractivity contribution in [2.24, 2.45) is 5.92 Å². The molecule has 1 N–H and O–H groups in total. The van der Waals surface area contributed by atoms with Crippen molar-refractivity contribution in [3.8, 4) is 0 Å². The third-order valence-electron chi connectivity index (χ3n) is 3.10. The summed E-state index contributed by atoms with van der Waals surface area (Å²) >= 11 is 7.43. The molecule has 0 bridgehead atoms. The molecule has 0 saturated carbocycles. The lowest BCUT2D eigenvalue weighted by Gasteiger charge is -2.13. The van der Waals surface area contributed by atoms with Crippen molar-refractivity contribution in [2.45, 2.75) is 44.3 Å². The van der Waals surface area contributed by atoms with Crippen molar-refractivity contribution in [3.05, 3.63) is 34.9 Å². The Morgan fingerprint density at radius 3 is 2.78 bits per heavy atom. The summed E-state index contributed by atoms with van der Waals surface area (Å²) < 4.78 is 1.73. The van der Waals surface area contributed by atoms with E-state index in [0.29, 0.717) is 22.6 Å². The largest absolute Gasteiger partial charge is 0.351 e. The Bertz CT molecular complexity index is 661. The lowest BCUT2D eigenvalue weighted by atomic mass is 10.2. The second kappa shape index (κ2) is 8.31. The van der Waals surface area contributed by atoms with Crippen LogP contribution in [0.15, 0.2) is 29.4 Å². The topological polar surface area (TPSA) is 72.7 Å². The third kappa shape index (κ3) is 5.21. The smallest absolute Gasteiger partial charge is 0.233 e. The van der Waals surface area contributed by atoms with Gasteiger partial charge in [0.05, 0.1) is 5.25 Å². The fraction of sp³-hybridized carbons (Fsp3) is 0.467. The highest BCUT2D eigenvalue weighted by atomic mass is 35.5. The zero-order valence-electron chi connectivity index (χ0n) is 13.4. The second-order valence-electron chi connectivity index (χ2n) is 5.61. The third-order valence-corrected chi connectivity index (χ3v) is 4.54. The minimum absolute atomic E-state index is 0.0750. The van der Waals surface area contributed by atoms with Crippen LogP contribution in [-0.2, 0) is 17.9 Å². The summed E-state index contributed by atoms with van der Waals surface area (Å²) in [4.78, 5) is 12.2. The standard InChI is InChI=1S/C15H20ClN5OS/c1-10(2)9-21-15(18-19-20-21)23-11(3)14(22)17-8-12-6-4-5-7-13(12)16/h4-7,10-11H,8-9H2,1-3H3,(H,17,22)/t11-/m1/s1. The summed E-state index contributed by atoms with van der Waals surface area (Å²) in [7, 11) is 0. The van der Waals surface area contributed by atoms with Crippen molar-refractivity contribution in [1.29, 1.82) is 0 Å². The number of amides is 1. The van der Waals surface area contributed by atoms with Crippen LogP contribution in [0.5, 0.6) is 0 Å². The maximum absolute atomic E-state index is 12.2. The number of nitrogens with zero attached hydrogens (tertiary/aromatic N) is 4. The number of rotatable bonds is 7. The molecule has 23 heavy (non-hydrogen) atoms. The van der Waals surface area contributed by atoms with Crippen LogP contribution in [0.3, 0.4) is 0 Å². The van der Waals surface area contributed by atoms with Crippen molar-refractivity contribution >= 4 is 29.3 Å². The molecule has 1 aromatic carbocycles. The van der Waals surface area contributed by atoms with Gasteiger partial charge < -0.3 is 5.32 Å². The Morgan fingerprint density at radius 2 is 2.09 bits per heavy atom. The molecule has 0 aliphatic heterocycles. The van der Waals surface area contributed by atoms with Gasteiger partial charge in [0.25, 0.3) is 0 Å². The predicted octanol–water partition coefficient (Wildman–Crippen LogP) is 2.78. The fourth-order valence-electron chi connectivity index (χ4n) is 1.92. The normalized spacial score (nSPS) is 12.4. The number of carbonyl (C=O) groups excluding carboxylic acids is 1. The molecule has 2 aromatic rings. The highest BCUT2D eigenvalue weighted by Gasteiger charge is 2.18. The van der Waals surface area contributed by atoms with Gasteiger partial charge in [-0.25, -0.2) is 4.68 Å². The molecule has 0 radical (unpaired) electrons. The van der Waals surface area contributed by atoms with Gasteiger partial charge in [-0.05, 0) is 34.9 Å². The Morgan fingerprint density at radius 1 is 1.35 bits per heavy atom. The van der Waals surface area contributed by atoms with Crippen molar-refractivity contribution in [2.75, 3.05) is 0 Å². The molecular formula is C15H20ClN5OS. The summed E-state index contributed by atoms with van der Waals surface area (Å²) in [6.45, 7) is 7.15. The molecule has 0 fully saturated rings. The first-order chi connectivity index (χ1) is 11.0. The number of aromatic nitrogens is 4. The highest BCUT2D eigenvalue weighted by Crippen LogP contribution is 2.21. The zero-order chi connectivity index (χ0) is 16.8. The van der Waals surface area contributed by atoms with Gasteiger partial charge in [-0.3, -0.25) is 4.79 Å². The number of thioether (sulfide) groups is 1. The van der Waals surface area contributed by atoms with Gasteiger partial charge in [0.15, 0.2) is 0 Å². The summed E-state index contributed by atoms with van der Waals surface area (Å²) in [6.07, 6.45) is 0. The summed E-state index contributed by atoms with van der Waals surface area (Å²) in [5.41, 5.74) is 0.893. The van der Waals surface area contributed by atoms with Crippen LogP contribution in [0.4, 0.5) is 0 Å². The van der Waals surface area contributed by atoms with Crippen molar-refractivity contribution in [3.63, 3.8) is 0 Å². The van der Waals surface area contributed by atoms with Crippen LogP contribution >= 0.6 is 23.4 Å². The average molecular weight is 354 g/mol. The summed E-state index contributed by atoms with van der Waals surface area (Å²) in [5.74, 6) is 0.358. The minimum Gasteiger partial charge on any atom is -0.351 e. The lowest BCUT2D eigenvalue weighted by Crippen LogP contribution is -2.30. The molecule has 2 rings (SSSR count). The SMILES string of the molecule is CC(C)Cn1nnnc1S[C@H](C)C(=O)NCc1ccccc1Cl. The number of hydrogen-bond donors (Lipinski definition) is 1. The zero-order valence-corrected chi connectivity index (χ0v) is 14.9. The first kappa shape index (κ1) is 17.7. The summed E-state index contributed by atoms with van der Waals surface area (Å²) in [6, 6.07) is 7.46. The van der Waals surface area contributed by atoms with Crippen molar-refractivity contribution in [1.82, 2.24) is 25.5 Å². The Hall–Kier alpha value is -1.60. The molecule has 1 amide bonds. The molecule has 124 valence electrons. The van der Waals surface area contributed by atoms with E-state index in [4.69, 9.17) is 11.6 Å². The number of benzene rings is 1. The van der Waals surface area contributed by atoms with Gasteiger partial charge in [0, 0.05) is 18.1 Å². The molecule has 8 heteroatoms.